The van der Waals surface area contributed by atoms with Gasteiger partial charge >= 0.3 is 0 Å². The zero-order valence-electron chi connectivity index (χ0n) is 11.8. The first-order chi connectivity index (χ1) is 9.76. The molecule has 102 valence electrons. The number of hydrogen-bond donors (Lipinski definition) is 1. The van der Waals surface area contributed by atoms with E-state index in [9.17, 15) is 0 Å². The maximum Gasteiger partial charge on any atom is 0.0957 e. The summed E-state index contributed by atoms with van der Waals surface area (Å²) in [6, 6.07) is 17.3. The van der Waals surface area contributed by atoms with Crippen molar-refractivity contribution < 1.29 is 0 Å². The molecule has 0 spiro atoms. The van der Waals surface area contributed by atoms with Gasteiger partial charge in [0.25, 0.3) is 0 Å². The van der Waals surface area contributed by atoms with Crippen molar-refractivity contribution in [1.82, 2.24) is 10.3 Å². The molecule has 0 aliphatic rings. The molecule has 1 atom stereocenters. The van der Waals surface area contributed by atoms with Crippen LogP contribution in [0.1, 0.15) is 22.2 Å². The monoisotopic (exact) mass is 282 g/mol. The van der Waals surface area contributed by atoms with Crippen LogP contribution in [0.2, 0.25) is 0 Å². The lowest BCUT2D eigenvalue weighted by atomic mass is 10.0. The van der Waals surface area contributed by atoms with Gasteiger partial charge in [-0.2, -0.15) is 0 Å². The molecule has 3 heteroatoms. The molecule has 1 N–H and O–H groups in total. The molecule has 0 saturated carbocycles. The molecule has 0 saturated heterocycles. The van der Waals surface area contributed by atoms with E-state index < -0.39 is 0 Å². The van der Waals surface area contributed by atoms with Gasteiger partial charge in [0.2, 0.25) is 0 Å². The van der Waals surface area contributed by atoms with Crippen LogP contribution in [0.25, 0.3) is 10.2 Å². The molecule has 0 aliphatic heterocycles. The fraction of sp³-hybridized carbons (Fsp3) is 0.235. The van der Waals surface area contributed by atoms with Crippen LogP contribution in [0.4, 0.5) is 0 Å². The van der Waals surface area contributed by atoms with E-state index in [0.29, 0.717) is 6.04 Å². The Kier molecular flexibility index (Phi) is 3.81. The van der Waals surface area contributed by atoms with Crippen molar-refractivity contribution >= 4 is 21.6 Å². The number of aryl methyl sites for hydroxylation is 1. The second-order valence-electron chi connectivity index (χ2n) is 5.03. The van der Waals surface area contributed by atoms with Crippen molar-refractivity contribution in [1.29, 1.82) is 0 Å². The highest BCUT2D eigenvalue weighted by Gasteiger charge is 2.13. The molecule has 0 fully saturated rings. The molecule has 1 heterocycles. The quantitative estimate of drug-likeness (QED) is 0.779. The Morgan fingerprint density at radius 3 is 2.75 bits per heavy atom. The number of nitrogens with one attached hydrogen (secondary N) is 1. The third-order valence-electron chi connectivity index (χ3n) is 3.51. The maximum atomic E-state index is 4.73. The highest BCUT2D eigenvalue weighted by Crippen LogP contribution is 2.26. The van der Waals surface area contributed by atoms with Crippen molar-refractivity contribution in [3.63, 3.8) is 0 Å². The van der Waals surface area contributed by atoms with Crippen molar-refractivity contribution in [3.05, 3.63) is 64.7 Å². The zero-order valence-corrected chi connectivity index (χ0v) is 12.6. The highest BCUT2D eigenvalue weighted by molar-refractivity contribution is 7.18. The standard InChI is InChI=1S/C17H18N2S/c1-12-6-5-7-13(10-12)15(18-2)11-17-19-14-8-3-4-9-16(14)20-17/h3-10,15,18H,11H2,1-2H3. The van der Waals surface area contributed by atoms with Gasteiger partial charge in [0.1, 0.15) is 0 Å². The Balaban J connectivity index is 1.87. The van der Waals surface area contributed by atoms with Gasteiger partial charge in [-0.25, -0.2) is 4.98 Å². The minimum Gasteiger partial charge on any atom is -0.313 e. The molecule has 1 aromatic heterocycles. The van der Waals surface area contributed by atoms with Crippen LogP contribution in [-0.4, -0.2) is 12.0 Å². The Bertz CT molecular complexity index is 685. The maximum absolute atomic E-state index is 4.73. The first kappa shape index (κ1) is 13.3. The van der Waals surface area contributed by atoms with E-state index in [-0.39, 0.29) is 0 Å². The summed E-state index contributed by atoms with van der Waals surface area (Å²) < 4.78 is 1.27. The highest BCUT2D eigenvalue weighted by atomic mass is 32.1. The first-order valence-corrected chi connectivity index (χ1v) is 7.66. The molecular formula is C17H18N2S. The third kappa shape index (κ3) is 2.74. The van der Waals surface area contributed by atoms with Crippen LogP contribution in [0.5, 0.6) is 0 Å². The summed E-state index contributed by atoms with van der Waals surface area (Å²) in [5.74, 6) is 0. The summed E-state index contributed by atoms with van der Waals surface area (Å²) in [6.45, 7) is 2.13. The molecule has 2 nitrogen and oxygen atoms in total. The number of fused-ring (bicyclic) bond motifs is 1. The lowest BCUT2D eigenvalue weighted by molar-refractivity contribution is 0.590. The SMILES string of the molecule is CNC(Cc1nc2ccccc2s1)c1cccc(C)c1. The normalized spacial score (nSPS) is 12.7. The fourth-order valence-electron chi connectivity index (χ4n) is 2.46. The van der Waals surface area contributed by atoms with E-state index in [1.807, 2.05) is 13.1 Å². The molecule has 20 heavy (non-hydrogen) atoms. The molecule has 3 aromatic rings. The van der Waals surface area contributed by atoms with Crippen LogP contribution in [0.3, 0.4) is 0 Å². The number of para-hydroxylation sites is 1. The minimum absolute atomic E-state index is 0.315. The summed E-state index contributed by atoms with van der Waals surface area (Å²) in [5, 5.41) is 4.59. The van der Waals surface area contributed by atoms with Crippen LogP contribution in [0.15, 0.2) is 48.5 Å². The number of thiazole rings is 1. The van der Waals surface area contributed by atoms with E-state index in [1.54, 1.807) is 11.3 Å². The van der Waals surface area contributed by atoms with Gasteiger partial charge in [0, 0.05) is 12.5 Å². The van der Waals surface area contributed by atoms with Crippen molar-refractivity contribution in [3.8, 4) is 0 Å². The largest absolute Gasteiger partial charge is 0.313 e. The molecular weight excluding hydrogens is 264 g/mol. The van der Waals surface area contributed by atoms with Crippen LogP contribution in [-0.2, 0) is 6.42 Å². The van der Waals surface area contributed by atoms with Gasteiger partial charge < -0.3 is 5.32 Å². The van der Waals surface area contributed by atoms with E-state index in [2.05, 4.69) is 54.7 Å². The molecule has 0 amide bonds. The van der Waals surface area contributed by atoms with Gasteiger partial charge in [-0.1, -0.05) is 42.0 Å². The summed E-state index contributed by atoms with van der Waals surface area (Å²) in [5.41, 5.74) is 3.73. The molecule has 2 aromatic carbocycles. The summed E-state index contributed by atoms with van der Waals surface area (Å²) in [6.07, 6.45) is 0.930. The number of aromatic nitrogens is 1. The van der Waals surface area contributed by atoms with E-state index in [4.69, 9.17) is 4.98 Å². The molecule has 0 bridgehead atoms. The zero-order chi connectivity index (χ0) is 13.9. The Hall–Kier alpha value is -1.71. The molecule has 0 radical (unpaired) electrons. The molecule has 0 aliphatic carbocycles. The van der Waals surface area contributed by atoms with Crippen LogP contribution in [0, 0.1) is 6.92 Å². The van der Waals surface area contributed by atoms with E-state index in [1.165, 1.54) is 20.8 Å². The van der Waals surface area contributed by atoms with Gasteiger partial charge in [-0.15, -0.1) is 11.3 Å². The fourth-order valence-corrected chi connectivity index (χ4v) is 3.47. The van der Waals surface area contributed by atoms with Gasteiger partial charge in [-0.3, -0.25) is 0 Å². The van der Waals surface area contributed by atoms with Crippen molar-refractivity contribution in [2.24, 2.45) is 0 Å². The number of rotatable bonds is 4. The van der Waals surface area contributed by atoms with Gasteiger partial charge in [-0.05, 0) is 31.7 Å². The van der Waals surface area contributed by atoms with Crippen LogP contribution >= 0.6 is 11.3 Å². The van der Waals surface area contributed by atoms with E-state index >= 15 is 0 Å². The van der Waals surface area contributed by atoms with Crippen molar-refractivity contribution in [2.75, 3.05) is 7.05 Å². The topological polar surface area (TPSA) is 24.9 Å². The van der Waals surface area contributed by atoms with Gasteiger partial charge in [0.05, 0.1) is 15.2 Å². The summed E-state index contributed by atoms with van der Waals surface area (Å²) in [7, 11) is 2.01. The predicted octanol–water partition coefficient (Wildman–Crippen LogP) is 4.11. The Labute approximate surface area is 123 Å². The lowest BCUT2D eigenvalue weighted by Crippen LogP contribution is -2.18. The molecule has 3 rings (SSSR count). The predicted molar refractivity (Wildman–Crippen MR) is 86.3 cm³/mol. The second kappa shape index (κ2) is 5.73. The van der Waals surface area contributed by atoms with Gasteiger partial charge in [0.15, 0.2) is 0 Å². The summed E-state index contributed by atoms with van der Waals surface area (Å²) in [4.78, 5) is 4.73. The third-order valence-corrected chi connectivity index (χ3v) is 4.57. The number of likely N-dealkylation sites (N-methyl/N-ethyl adjacent to an activating group) is 1. The van der Waals surface area contributed by atoms with E-state index in [0.717, 1.165) is 11.9 Å². The lowest BCUT2D eigenvalue weighted by Gasteiger charge is -2.15. The van der Waals surface area contributed by atoms with Crippen molar-refractivity contribution in [2.45, 2.75) is 19.4 Å². The average molecular weight is 282 g/mol. The van der Waals surface area contributed by atoms with Crippen LogP contribution < -0.4 is 5.32 Å². The Morgan fingerprint density at radius 1 is 1.15 bits per heavy atom. The second-order valence-corrected chi connectivity index (χ2v) is 6.15. The summed E-state index contributed by atoms with van der Waals surface area (Å²) >= 11 is 1.79. The minimum atomic E-state index is 0.315. The number of hydrogen-bond acceptors (Lipinski definition) is 3. The average Bonchev–Trinajstić information content (AvgIpc) is 2.87. The first-order valence-electron chi connectivity index (χ1n) is 6.84. The molecule has 1 unspecified atom stereocenters. The smallest absolute Gasteiger partial charge is 0.0957 e. The Morgan fingerprint density at radius 2 is 2.00 bits per heavy atom. The number of benzene rings is 2. The number of nitrogens with zero attached hydrogens (tertiary/aromatic N) is 1.